The fourth-order valence-electron chi connectivity index (χ4n) is 0.795. The van der Waals surface area contributed by atoms with E-state index < -0.39 is 23.3 Å². The van der Waals surface area contributed by atoms with Gasteiger partial charge in [0.15, 0.2) is 5.75 Å². The summed E-state index contributed by atoms with van der Waals surface area (Å²) in [5, 5.41) is 8.93. The Bertz CT molecular complexity index is 346. The third-order valence-corrected chi connectivity index (χ3v) is 1.49. The summed E-state index contributed by atoms with van der Waals surface area (Å²) in [6.45, 7) is 1.42. The van der Waals surface area contributed by atoms with Crippen LogP contribution in [0.5, 0.6) is 5.75 Å². The molecule has 1 heterocycles. The number of hydrogen-bond donors (Lipinski definition) is 2. The van der Waals surface area contributed by atoms with Crippen molar-refractivity contribution in [3.05, 3.63) is 27.7 Å². The van der Waals surface area contributed by atoms with E-state index in [1.165, 1.54) is 6.92 Å². The predicted molar refractivity (Wildman–Crippen MR) is 38.4 cm³/mol. The van der Waals surface area contributed by atoms with Gasteiger partial charge in [0.2, 0.25) is 5.43 Å². The number of pyridine rings is 1. The number of rotatable bonds is 1. The highest BCUT2D eigenvalue weighted by Crippen LogP contribution is 2.22. The molecule has 0 aliphatic carbocycles. The summed E-state index contributed by atoms with van der Waals surface area (Å²) in [6.07, 6.45) is -1.72. The molecule has 0 atom stereocenters. The van der Waals surface area contributed by atoms with Crippen LogP contribution in [0.4, 0.5) is 8.78 Å². The number of H-pyrrole nitrogens is 1. The van der Waals surface area contributed by atoms with E-state index >= 15 is 0 Å². The van der Waals surface area contributed by atoms with Crippen molar-refractivity contribution >= 4 is 0 Å². The quantitative estimate of drug-likeness (QED) is 0.676. The van der Waals surface area contributed by atoms with Gasteiger partial charge in [0, 0.05) is 11.8 Å². The Kier molecular flexibility index (Phi) is 2.12. The minimum Gasteiger partial charge on any atom is -0.503 e. The molecule has 12 heavy (non-hydrogen) atoms. The second-order valence-corrected chi connectivity index (χ2v) is 2.36. The number of halogens is 2. The third kappa shape index (κ3) is 1.30. The van der Waals surface area contributed by atoms with Gasteiger partial charge in [0.1, 0.15) is 5.69 Å². The number of aromatic nitrogens is 1. The molecule has 0 bridgehead atoms. The number of hydrogen-bond acceptors (Lipinski definition) is 2. The van der Waals surface area contributed by atoms with Gasteiger partial charge in [-0.1, -0.05) is 0 Å². The van der Waals surface area contributed by atoms with Crippen molar-refractivity contribution in [1.29, 1.82) is 0 Å². The Balaban J connectivity index is 3.37. The average Bonchev–Trinajstić information content (AvgIpc) is 2.00. The van der Waals surface area contributed by atoms with Crippen molar-refractivity contribution in [3.8, 4) is 5.75 Å². The Labute approximate surface area is 66.7 Å². The standard InChI is InChI=1S/C7H7F2NO2/c1-3-2-10-4(7(8)9)6(12)5(3)11/h2,7,12H,1H3,(H,10,11). The van der Waals surface area contributed by atoms with Crippen LogP contribution in [0.1, 0.15) is 17.7 Å². The minimum absolute atomic E-state index is 0.205. The summed E-state index contributed by atoms with van der Waals surface area (Å²) in [5.74, 6) is -0.898. The van der Waals surface area contributed by atoms with E-state index in [0.29, 0.717) is 0 Å². The summed E-state index contributed by atoms with van der Waals surface area (Å²) in [6, 6.07) is 0. The van der Waals surface area contributed by atoms with Crippen LogP contribution in [0.25, 0.3) is 0 Å². The van der Waals surface area contributed by atoms with E-state index in [1.807, 2.05) is 0 Å². The molecular formula is C7H7F2NO2. The molecule has 0 saturated heterocycles. The minimum atomic E-state index is -2.86. The van der Waals surface area contributed by atoms with Crippen LogP contribution in [0.15, 0.2) is 11.0 Å². The molecular weight excluding hydrogens is 168 g/mol. The number of nitrogens with one attached hydrogen (secondary N) is 1. The van der Waals surface area contributed by atoms with Gasteiger partial charge < -0.3 is 10.1 Å². The molecule has 5 heteroatoms. The molecule has 0 spiro atoms. The summed E-state index contributed by atoms with van der Waals surface area (Å²) < 4.78 is 24.0. The maximum atomic E-state index is 12.0. The summed E-state index contributed by atoms with van der Waals surface area (Å²) >= 11 is 0. The van der Waals surface area contributed by atoms with Crippen LogP contribution >= 0.6 is 0 Å². The van der Waals surface area contributed by atoms with Gasteiger partial charge in [-0.15, -0.1) is 0 Å². The summed E-state index contributed by atoms with van der Waals surface area (Å²) in [7, 11) is 0. The Hall–Kier alpha value is -1.39. The molecule has 0 amide bonds. The van der Waals surface area contributed by atoms with E-state index in [1.54, 1.807) is 0 Å². The molecule has 3 nitrogen and oxygen atoms in total. The largest absolute Gasteiger partial charge is 0.503 e. The monoisotopic (exact) mass is 175 g/mol. The first-order valence-electron chi connectivity index (χ1n) is 3.23. The zero-order chi connectivity index (χ0) is 9.30. The van der Waals surface area contributed by atoms with Crippen molar-refractivity contribution in [3.63, 3.8) is 0 Å². The smallest absolute Gasteiger partial charge is 0.282 e. The second kappa shape index (κ2) is 2.92. The van der Waals surface area contributed by atoms with Crippen molar-refractivity contribution in [2.75, 3.05) is 0 Å². The predicted octanol–water partition coefficient (Wildman–Crippen LogP) is 1.33. The fraction of sp³-hybridized carbons (Fsp3) is 0.286. The SMILES string of the molecule is Cc1c[nH]c(C(F)F)c(O)c1=O. The third-order valence-electron chi connectivity index (χ3n) is 1.49. The van der Waals surface area contributed by atoms with Gasteiger partial charge in [0.05, 0.1) is 0 Å². The molecule has 1 aromatic heterocycles. The van der Waals surface area contributed by atoms with Gasteiger partial charge in [-0.3, -0.25) is 4.79 Å². The molecule has 66 valence electrons. The van der Waals surface area contributed by atoms with E-state index in [2.05, 4.69) is 4.98 Å². The number of aromatic hydroxyl groups is 1. The van der Waals surface area contributed by atoms with Gasteiger partial charge >= 0.3 is 0 Å². The zero-order valence-corrected chi connectivity index (χ0v) is 6.27. The lowest BCUT2D eigenvalue weighted by molar-refractivity contribution is 0.141. The molecule has 0 aromatic carbocycles. The molecule has 1 rings (SSSR count). The molecule has 0 unspecified atom stereocenters. The first-order chi connectivity index (χ1) is 5.54. The Morgan fingerprint density at radius 2 is 2.17 bits per heavy atom. The highest BCUT2D eigenvalue weighted by atomic mass is 19.3. The number of aryl methyl sites for hydroxylation is 1. The zero-order valence-electron chi connectivity index (χ0n) is 6.27. The lowest BCUT2D eigenvalue weighted by Gasteiger charge is -2.02. The van der Waals surface area contributed by atoms with Crippen LogP contribution in [0.2, 0.25) is 0 Å². The van der Waals surface area contributed by atoms with Crippen LogP contribution in [0, 0.1) is 6.92 Å². The number of aromatic amines is 1. The number of alkyl halides is 2. The highest BCUT2D eigenvalue weighted by Gasteiger charge is 2.16. The van der Waals surface area contributed by atoms with Crippen molar-refractivity contribution in [2.24, 2.45) is 0 Å². The van der Waals surface area contributed by atoms with Crippen LogP contribution in [-0.2, 0) is 0 Å². The van der Waals surface area contributed by atoms with Crippen LogP contribution < -0.4 is 5.43 Å². The van der Waals surface area contributed by atoms with Crippen molar-refractivity contribution in [1.82, 2.24) is 4.98 Å². The second-order valence-electron chi connectivity index (χ2n) is 2.36. The lowest BCUT2D eigenvalue weighted by atomic mass is 10.2. The maximum absolute atomic E-state index is 12.0. The lowest BCUT2D eigenvalue weighted by Crippen LogP contribution is -2.08. The summed E-state index contributed by atoms with van der Waals surface area (Å²) in [4.78, 5) is 13.0. The topological polar surface area (TPSA) is 53.1 Å². The molecule has 0 saturated carbocycles. The van der Waals surface area contributed by atoms with Crippen LogP contribution in [-0.4, -0.2) is 10.1 Å². The molecule has 0 aliphatic heterocycles. The van der Waals surface area contributed by atoms with Crippen molar-refractivity contribution < 1.29 is 13.9 Å². The van der Waals surface area contributed by atoms with E-state index in [9.17, 15) is 13.6 Å². The molecule has 1 aromatic rings. The normalized spacial score (nSPS) is 10.7. The Morgan fingerprint density at radius 3 is 2.67 bits per heavy atom. The van der Waals surface area contributed by atoms with Crippen LogP contribution in [0.3, 0.4) is 0 Å². The van der Waals surface area contributed by atoms with Gasteiger partial charge in [-0.2, -0.15) is 0 Å². The highest BCUT2D eigenvalue weighted by molar-refractivity contribution is 5.30. The van der Waals surface area contributed by atoms with Gasteiger partial charge in [-0.25, -0.2) is 8.78 Å². The first-order valence-corrected chi connectivity index (χ1v) is 3.23. The fourth-order valence-corrected chi connectivity index (χ4v) is 0.795. The molecule has 0 radical (unpaired) electrons. The average molecular weight is 175 g/mol. The Morgan fingerprint density at radius 1 is 1.58 bits per heavy atom. The molecule has 0 fully saturated rings. The van der Waals surface area contributed by atoms with E-state index in [0.717, 1.165) is 6.20 Å². The van der Waals surface area contributed by atoms with Gasteiger partial charge in [-0.05, 0) is 6.92 Å². The molecule has 0 aliphatic rings. The first kappa shape index (κ1) is 8.70. The van der Waals surface area contributed by atoms with E-state index in [4.69, 9.17) is 5.11 Å². The van der Waals surface area contributed by atoms with E-state index in [-0.39, 0.29) is 5.56 Å². The van der Waals surface area contributed by atoms with Gasteiger partial charge in [0.25, 0.3) is 6.43 Å². The maximum Gasteiger partial charge on any atom is 0.282 e. The molecule has 2 N–H and O–H groups in total. The summed E-state index contributed by atoms with van der Waals surface area (Å²) in [5.41, 5.74) is -1.29. The van der Waals surface area contributed by atoms with Crippen molar-refractivity contribution in [2.45, 2.75) is 13.3 Å².